The molecule has 0 spiro atoms. The number of rotatable bonds is 4. The van der Waals surface area contributed by atoms with Gasteiger partial charge in [0, 0.05) is 26.2 Å². The first-order chi connectivity index (χ1) is 7.06. The molecule has 0 aromatic carbocycles. The monoisotopic (exact) mass is 215 g/mol. The van der Waals surface area contributed by atoms with E-state index < -0.39 is 6.04 Å². The number of methoxy groups -OCH3 is 1. The number of likely N-dealkylation sites (tertiary alicyclic amines) is 1. The van der Waals surface area contributed by atoms with Crippen LogP contribution in [0.15, 0.2) is 0 Å². The largest absolute Gasteiger partial charge is 0.383 e. The van der Waals surface area contributed by atoms with Crippen molar-refractivity contribution in [3.63, 3.8) is 0 Å². The number of hydrogen-bond donors (Lipinski definition) is 1. The molecule has 88 valence electrons. The first kappa shape index (κ1) is 12.4. The molecule has 5 heteroatoms. The molecule has 2 atom stereocenters. The van der Waals surface area contributed by atoms with Crippen molar-refractivity contribution in [2.75, 3.05) is 40.9 Å². The third kappa shape index (κ3) is 3.15. The molecule has 1 amide bonds. The summed E-state index contributed by atoms with van der Waals surface area (Å²) < 4.78 is 4.88. The van der Waals surface area contributed by atoms with Crippen molar-refractivity contribution in [1.82, 2.24) is 9.80 Å². The van der Waals surface area contributed by atoms with Crippen molar-refractivity contribution in [3.8, 4) is 0 Å². The van der Waals surface area contributed by atoms with Gasteiger partial charge in [-0.3, -0.25) is 4.79 Å². The minimum Gasteiger partial charge on any atom is -0.383 e. The Balaban J connectivity index is 2.42. The van der Waals surface area contributed by atoms with Gasteiger partial charge in [-0.15, -0.1) is 0 Å². The van der Waals surface area contributed by atoms with Gasteiger partial charge < -0.3 is 20.3 Å². The SMILES string of the molecule is COCC(N)C(=O)N1CCC(N(C)C)C1. The number of likely N-dealkylation sites (N-methyl/N-ethyl adjacent to an activating group) is 1. The first-order valence-corrected chi connectivity index (χ1v) is 5.26. The van der Waals surface area contributed by atoms with Crippen molar-refractivity contribution < 1.29 is 9.53 Å². The van der Waals surface area contributed by atoms with Gasteiger partial charge in [-0.1, -0.05) is 0 Å². The highest BCUT2D eigenvalue weighted by molar-refractivity contribution is 5.82. The Labute approximate surface area is 91.2 Å². The normalized spacial score (nSPS) is 23.5. The summed E-state index contributed by atoms with van der Waals surface area (Å²) in [6.07, 6.45) is 1.03. The van der Waals surface area contributed by atoms with Crippen LogP contribution in [0, 0.1) is 0 Å². The maximum absolute atomic E-state index is 11.8. The molecular formula is C10H21N3O2. The molecule has 1 saturated heterocycles. The van der Waals surface area contributed by atoms with Gasteiger partial charge in [0.2, 0.25) is 5.91 Å². The lowest BCUT2D eigenvalue weighted by Gasteiger charge is -2.22. The Kier molecular flexibility index (Phi) is 4.50. The van der Waals surface area contributed by atoms with E-state index in [0.29, 0.717) is 12.6 Å². The Morgan fingerprint density at radius 2 is 2.33 bits per heavy atom. The third-order valence-electron chi connectivity index (χ3n) is 2.87. The minimum absolute atomic E-state index is 0.00111. The van der Waals surface area contributed by atoms with Crippen LogP contribution in [0.25, 0.3) is 0 Å². The van der Waals surface area contributed by atoms with Crippen molar-refractivity contribution in [3.05, 3.63) is 0 Å². The number of nitrogens with zero attached hydrogens (tertiary/aromatic N) is 2. The summed E-state index contributed by atoms with van der Waals surface area (Å²) in [6, 6.07) is -0.0559. The van der Waals surface area contributed by atoms with Crippen LogP contribution in [0.5, 0.6) is 0 Å². The maximum atomic E-state index is 11.8. The molecule has 0 aromatic rings. The van der Waals surface area contributed by atoms with E-state index in [0.717, 1.165) is 19.5 Å². The Morgan fingerprint density at radius 1 is 1.67 bits per heavy atom. The molecule has 2 unspecified atom stereocenters. The lowest BCUT2D eigenvalue weighted by molar-refractivity contribution is -0.132. The molecule has 0 aromatic heterocycles. The summed E-state index contributed by atoms with van der Waals surface area (Å²) in [5, 5.41) is 0. The fourth-order valence-corrected chi connectivity index (χ4v) is 1.85. The van der Waals surface area contributed by atoms with Crippen LogP contribution in [-0.4, -0.2) is 68.7 Å². The Bertz CT molecular complexity index is 221. The van der Waals surface area contributed by atoms with Crippen molar-refractivity contribution in [2.24, 2.45) is 5.73 Å². The Morgan fingerprint density at radius 3 is 2.80 bits per heavy atom. The molecule has 0 radical (unpaired) electrons. The van der Waals surface area contributed by atoms with Crippen LogP contribution in [0.1, 0.15) is 6.42 Å². The predicted molar refractivity (Wildman–Crippen MR) is 58.5 cm³/mol. The second-order valence-corrected chi connectivity index (χ2v) is 4.25. The predicted octanol–water partition coefficient (Wildman–Crippen LogP) is -0.877. The number of nitrogens with two attached hydrogens (primary N) is 1. The lowest BCUT2D eigenvalue weighted by Crippen LogP contribution is -2.46. The lowest BCUT2D eigenvalue weighted by atomic mass is 10.2. The van der Waals surface area contributed by atoms with E-state index in [2.05, 4.69) is 4.90 Å². The van der Waals surface area contributed by atoms with Crippen LogP contribution in [0.4, 0.5) is 0 Å². The van der Waals surface area contributed by atoms with Crippen LogP contribution in [0.2, 0.25) is 0 Å². The average molecular weight is 215 g/mol. The van der Waals surface area contributed by atoms with Gasteiger partial charge in [-0.25, -0.2) is 0 Å². The highest BCUT2D eigenvalue weighted by Crippen LogP contribution is 2.13. The van der Waals surface area contributed by atoms with Crippen LogP contribution in [0.3, 0.4) is 0 Å². The van der Waals surface area contributed by atoms with Gasteiger partial charge in [0.05, 0.1) is 6.61 Å². The van der Waals surface area contributed by atoms with Gasteiger partial charge >= 0.3 is 0 Å². The molecule has 1 fully saturated rings. The van der Waals surface area contributed by atoms with Crippen molar-refractivity contribution in [2.45, 2.75) is 18.5 Å². The molecule has 1 heterocycles. The van der Waals surface area contributed by atoms with Crippen LogP contribution in [-0.2, 0) is 9.53 Å². The minimum atomic E-state index is -0.518. The van der Waals surface area contributed by atoms with Gasteiger partial charge in [-0.05, 0) is 20.5 Å². The van der Waals surface area contributed by atoms with E-state index in [4.69, 9.17) is 10.5 Å². The number of carbonyl (C=O) groups is 1. The summed E-state index contributed by atoms with van der Waals surface area (Å²) >= 11 is 0. The van der Waals surface area contributed by atoms with Crippen LogP contribution < -0.4 is 5.73 Å². The number of carbonyl (C=O) groups excluding carboxylic acids is 1. The second-order valence-electron chi connectivity index (χ2n) is 4.25. The topological polar surface area (TPSA) is 58.8 Å². The highest BCUT2D eigenvalue weighted by Gasteiger charge is 2.29. The van der Waals surface area contributed by atoms with E-state index in [-0.39, 0.29) is 5.91 Å². The van der Waals surface area contributed by atoms with Crippen LogP contribution >= 0.6 is 0 Å². The summed E-state index contributed by atoms with van der Waals surface area (Å²) in [4.78, 5) is 15.8. The fraction of sp³-hybridized carbons (Fsp3) is 0.900. The van der Waals surface area contributed by atoms with Gasteiger partial charge in [0.1, 0.15) is 6.04 Å². The zero-order chi connectivity index (χ0) is 11.4. The maximum Gasteiger partial charge on any atom is 0.241 e. The highest BCUT2D eigenvalue weighted by atomic mass is 16.5. The molecule has 0 saturated carbocycles. The van der Waals surface area contributed by atoms with Gasteiger partial charge in [0.15, 0.2) is 0 Å². The molecule has 0 aliphatic carbocycles. The van der Waals surface area contributed by atoms with E-state index in [1.807, 2.05) is 19.0 Å². The molecule has 1 rings (SSSR count). The van der Waals surface area contributed by atoms with E-state index >= 15 is 0 Å². The molecule has 15 heavy (non-hydrogen) atoms. The average Bonchev–Trinajstić information content (AvgIpc) is 2.65. The van der Waals surface area contributed by atoms with E-state index in [1.54, 1.807) is 7.11 Å². The van der Waals surface area contributed by atoms with E-state index in [9.17, 15) is 4.79 Å². The number of ether oxygens (including phenoxy) is 1. The summed E-state index contributed by atoms with van der Waals surface area (Å²) in [5.74, 6) is 0.00111. The number of hydrogen-bond acceptors (Lipinski definition) is 4. The van der Waals surface area contributed by atoms with Crippen molar-refractivity contribution >= 4 is 5.91 Å². The Hall–Kier alpha value is -0.650. The standard InChI is InChI=1S/C10H21N3O2/c1-12(2)8-4-5-13(6-8)10(14)9(11)7-15-3/h8-9H,4-7,11H2,1-3H3. The third-order valence-corrected chi connectivity index (χ3v) is 2.87. The fourth-order valence-electron chi connectivity index (χ4n) is 1.85. The zero-order valence-corrected chi connectivity index (χ0v) is 9.77. The molecular weight excluding hydrogens is 194 g/mol. The summed E-state index contributed by atoms with van der Waals surface area (Å²) in [5.41, 5.74) is 5.70. The van der Waals surface area contributed by atoms with Gasteiger partial charge in [0.25, 0.3) is 0 Å². The zero-order valence-electron chi connectivity index (χ0n) is 9.77. The first-order valence-electron chi connectivity index (χ1n) is 5.26. The van der Waals surface area contributed by atoms with Crippen molar-refractivity contribution in [1.29, 1.82) is 0 Å². The quantitative estimate of drug-likeness (QED) is 0.662. The molecule has 5 nitrogen and oxygen atoms in total. The summed E-state index contributed by atoms with van der Waals surface area (Å²) in [6.45, 7) is 1.88. The second kappa shape index (κ2) is 5.44. The van der Waals surface area contributed by atoms with Gasteiger partial charge in [-0.2, -0.15) is 0 Å². The number of amides is 1. The molecule has 1 aliphatic rings. The van der Waals surface area contributed by atoms with E-state index in [1.165, 1.54) is 0 Å². The molecule has 0 bridgehead atoms. The smallest absolute Gasteiger partial charge is 0.241 e. The molecule has 1 aliphatic heterocycles. The summed E-state index contributed by atoms with van der Waals surface area (Å²) in [7, 11) is 5.63. The molecule has 2 N–H and O–H groups in total.